The smallest absolute Gasteiger partial charge is 0.341 e. The van der Waals surface area contributed by atoms with Gasteiger partial charge in [-0.25, -0.2) is 9.48 Å². The van der Waals surface area contributed by atoms with Crippen LogP contribution in [0.4, 0.5) is 5.82 Å². The van der Waals surface area contributed by atoms with Crippen LogP contribution < -0.4 is 4.90 Å². The van der Waals surface area contributed by atoms with Crippen LogP contribution in [0.5, 0.6) is 0 Å². The fraction of sp³-hybridized carbons (Fsp3) is 0.345. The van der Waals surface area contributed by atoms with E-state index in [0.717, 1.165) is 42.5 Å². The van der Waals surface area contributed by atoms with Gasteiger partial charge in [0, 0.05) is 18.2 Å². The molecular formula is C29H33N3O3. The first-order valence-electron chi connectivity index (χ1n) is 12.3. The van der Waals surface area contributed by atoms with E-state index in [2.05, 4.69) is 12.0 Å². The van der Waals surface area contributed by atoms with Crippen molar-refractivity contribution in [1.29, 1.82) is 0 Å². The normalized spacial score (nSPS) is 18.2. The second-order valence-corrected chi connectivity index (χ2v) is 9.71. The maximum atomic E-state index is 13.5. The molecule has 0 bridgehead atoms. The molecule has 182 valence electrons. The van der Waals surface area contributed by atoms with Gasteiger partial charge in [-0.2, -0.15) is 0 Å². The Hall–Kier alpha value is -3.67. The zero-order chi connectivity index (χ0) is 24.9. The molecule has 35 heavy (non-hydrogen) atoms. The quantitative estimate of drug-likeness (QED) is 0.410. The topological polar surface area (TPSA) is 75.4 Å². The lowest BCUT2D eigenvalue weighted by atomic mass is 9.82. The molecule has 0 spiro atoms. The third kappa shape index (κ3) is 5.70. The Morgan fingerprint density at radius 1 is 0.971 bits per heavy atom. The number of carboxylic acid groups (broad SMARTS) is 1. The number of amides is 1. The van der Waals surface area contributed by atoms with Gasteiger partial charge in [-0.1, -0.05) is 61.5 Å². The molecule has 1 heterocycles. The summed E-state index contributed by atoms with van der Waals surface area (Å²) < 4.78 is 1.55. The van der Waals surface area contributed by atoms with Crippen LogP contribution in [0.3, 0.4) is 0 Å². The zero-order valence-electron chi connectivity index (χ0n) is 20.6. The molecule has 1 aliphatic carbocycles. The number of anilines is 1. The number of aromatic nitrogens is 2. The third-order valence-electron chi connectivity index (χ3n) is 6.70. The highest BCUT2D eigenvalue weighted by Crippen LogP contribution is 2.32. The average molecular weight is 472 g/mol. The van der Waals surface area contributed by atoms with Gasteiger partial charge in [-0.05, 0) is 68.7 Å². The van der Waals surface area contributed by atoms with Crippen molar-refractivity contribution in [3.63, 3.8) is 0 Å². The van der Waals surface area contributed by atoms with Crippen molar-refractivity contribution in [3.8, 4) is 5.69 Å². The molecule has 1 aromatic heterocycles. The Morgan fingerprint density at radius 3 is 2.14 bits per heavy atom. The molecule has 2 aromatic carbocycles. The third-order valence-corrected chi connectivity index (χ3v) is 6.70. The summed E-state index contributed by atoms with van der Waals surface area (Å²) in [7, 11) is 0. The molecule has 0 unspecified atom stereocenters. The maximum absolute atomic E-state index is 13.5. The minimum atomic E-state index is -1.09. The van der Waals surface area contributed by atoms with Gasteiger partial charge in [0.25, 0.3) is 0 Å². The van der Waals surface area contributed by atoms with Crippen molar-refractivity contribution in [3.05, 3.63) is 77.5 Å². The van der Waals surface area contributed by atoms with Crippen LogP contribution in [0.25, 0.3) is 17.8 Å². The number of carbonyl (C=O) groups is 2. The summed E-state index contributed by atoms with van der Waals surface area (Å²) in [4.78, 5) is 27.2. The predicted molar refractivity (Wildman–Crippen MR) is 140 cm³/mol. The first-order valence-corrected chi connectivity index (χ1v) is 12.3. The molecule has 1 aliphatic rings. The molecule has 0 saturated heterocycles. The Bertz CT molecular complexity index is 1190. The minimum absolute atomic E-state index is 0.0268. The Labute approximate surface area is 206 Å². The Balaban J connectivity index is 1.60. The van der Waals surface area contributed by atoms with E-state index in [0.29, 0.717) is 5.92 Å². The van der Waals surface area contributed by atoms with Gasteiger partial charge in [0.1, 0.15) is 5.56 Å². The van der Waals surface area contributed by atoms with Crippen molar-refractivity contribution >= 4 is 29.8 Å². The number of carboxylic acids is 1. The molecule has 4 rings (SSSR count). The predicted octanol–water partition coefficient (Wildman–Crippen LogP) is 6.31. The van der Waals surface area contributed by atoms with Crippen LogP contribution in [0.1, 0.15) is 67.9 Å². The SMILES string of the molecule is CC(C)N(c1nn(-c2ccc(/C=C/c3ccccc3)cc2)cc1C(=O)O)C(=O)[C@H]1CC[C@H](C)CC1. The molecule has 1 saturated carbocycles. The molecular weight excluding hydrogens is 438 g/mol. The molecule has 1 amide bonds. The molecule has 0 aliphatic heterocycles. The fourth-order valence-corrected chi connectivity index (χ4v) is 4.63. The monoisotopic (exact) mass is 471 g/mol. The number of nitrogens with zero attached hydrogens (tertiary/aromatic N) is 3. The summed E-state index contributed by atoms with van der Waals surface area (Å²) >= 11 is 0. The van der Waals surface area contributed by atoms with Crippen LogP contribution in [0, 0.1) is 11.8 Å². The van der Waals surface area contributed by atoms with Crippen molar-refractivity contribution in [2.75, 3.05) is 4.90 Å². The first-order chi connectivity index (χ1) is 16.8. The van der Waals surface area contributed by atoms with E-state index in [1.54, 1.807) is 9.58 Å². The van der Waals surface area contributed by atoms with Gasteiger partial charge in [-0.3, -0.25) is 9.69 Å². The van der Waals surface area contributed by atoms with Crippen LogP contribution in [0.2, 0.25) is 0 Å². The first kappa shape index (κ1) is 24.5. The lowest BCUT2D eigenvalue weighted by Gasteiger charge is -2.32. The molecule has 0 atom stereocenters. The molecule has 6 nitrogen and oxygen atoms in total. The van der Waals surface area contributed by atoms with Crippen LogP contribution in [-0.4, -0.2) is 32.8 Å². The average Bonchev–Trinajstić information content (AvgIpc) is 3.29. The van der Waals surface area contributed by atoms with Gasteiger partial charge in [-0.15, -0.1) is 5.10 Å². The van der Waals surface area contributed by atoms with Gasteiger partial charge in [0.2, 0.25) is 5.91 Å². The summed E-state index contributed by atoms with van der Waals surface area (Å²) in [5.41, 5.74) is 2.90. The van der Waals surface area contributed by atoms with Gasteiger partial charge in [0.05, 0.1) is 5.69 Å². The lowest BCUT2D eigenvalue weighted by molar-refractivity contribution is -0.123. The van der Waals surface area contributed by atoms with Gasteiger partial charge in [0.15, 0.2) is 5.82 Å². The lowest BCUT2D eigenvalue weighted by Crippen LogP contribution is -2.43. The van der Waals surface area contributed by atoms with E-state index in [-0.39, 0.29) is 29.2 Å². The maximum Gasteiger partial charge on any atom is 0.341 e. The molecule has 1 N–H and O–H groups in total. The van der Waals surface area contributed by atoms with Crippen molar-refractivity contribution in [1.82, 2.24) is 9.78 Å². The zero-order valence-corrected chi connectivity index (χ0v) is 20.6. The van der Waals surface area contributed by atoms with E-state index in [4.69, 9.17) is 0 Å². The number of hydrogen-bond acceptors (Lipinski definition) is 3. The summed E-state index contributed by atoms with van der Waals surface area (Å²) in [5.74, 6) is -0.364. The van der Waals surface area contributed by atoms with Crippen LogP contribution >= 0.6 is 0 Å². The van der Waals surface area contributed by atoms with Crippen molar-refractivity contribution < 1.29 is 14.7 Å². The second-order valence-electron chi connectivity index (χ2n) is 9.71. The summed E-state index contributed by atoms with van der Waals surface area (Å²) in [6, 6.07) is 17.6. The molecule has 1 fully saturated rings. The standard InChI is InChI=1S/C29H33N3O3/c1-20(2)32(28(33)24-15-9-21(3)10-16-24)27-26(29(34)35)19-31(30-27)25-17-13-23(14-18-25)12-11-22-7-5-4-6-8-22/h4-8,11-14,17-21,24H,9-10,15-16H2,1-3H3,(H,34,35)/b12-11+/t21-,24-. The second kappa shape index (κ2) is 10.7. The highest BCUT2D eigenvalue weighted by Gasteiger charge is 2.34. The van der Waals surface area contributed by atoms with Gasteiger partial charge < -0.3 is 5.11 Å². The van der Waals surface area contributed by atoms with E-state index in [1.807, 2.05) is 80.6 Å². The molecule has 6 heteroatoms. The largest absolute Gasteiger partial charge is 0.477 e. The summed E-state index contributed by atoms with van der Waals surface area (Å²) in [6.07, 6.45) is 9.29. The molecule has 0 radical (unpaired) electrons. The Morgan fingerprint density at radius 2 is 1.57 bits per heavy atom. The Kier molecular flexibility index (Phi) is 7.49. The number of benzene rings is 2. The fourth-order valence-electron chi connectivity index (χ4n) is 4.63. The minimum Gasteiger partial charge on any atom is -0.477 e. The number of carbonyl (C=O) groups excluding carboxylic acids is 1. The van der Waals surface area contributed by atoms with Gasteiger partial charge >= 0.3 is 5.97 Å². The van der Waals surface area contributed by atoms with E-state index < -0.39 is 5.97 Å². The van der Waals surface area contributed by atoms with Crippen molar-refractivity contribution in [2.45, 2.75) is 52.5 Å². The van der Waals surface area contributed by atoms with E-state index in [9.17, 15) is 14.7 Å². The number of rotatable bonds is 7. The number of hydrogen-bond donors (Lipinski definition) is 1. The van der Waals surface area contributed by atoms with Crippen LogP contribution in [0.15, 0.2) is 60.8 Å². The van der Waals surface area contributed by atoms with E-state index >= 15 is 0 Å². The summed E-state index contributed by atoms with van der Waals surface area (Å²) in [5, 5.41) is 14.5. The highest BCUT2D eigenvalue weighted by molar-refractivity contribution is 6.01. The van der Waals surface area contributed by atoms with Crippen molar-refractivity contribution in [2.24, 2.45) is 11.8 Å². The van der Waals surface area contributed by atoms with E-state index in [1.165, 1.54) is 6.20 Å². The number of aromatic carboxylic acids is 1. The van der Waals surface area contributed by atoms with Crippen LogP contribution in [-0.2, 0) is 4.79 Å². The summed E-state index contributed by atoms with van der Waals surface area (Å²) in [6.45, 7) is 6.03. The molecule has 3 aromatic rings. The highest BCUT2D eigenvalue weighted by atomic mass is 16.4.